The molecule has 1 aromatic carbocycles. The van der Waals surface area contributed by atoms with E-state index >= 15 is 0 Å². The average molecular weight is 201 g/mol. The first kappa shape index (κ1) is 9.97. The Morgan fingerprint density at radius 3 is 2.73 bits per heavy atom. The van der Waals surface area contributed by atoms with Crippen LogP contribution in [0, 0.1) is 6.92 Å². The lowest BCUT2D eigenvalue weighted by Gasteiger charge is -2.08. The number of pyridine rings is 1. The molecule has 0 spiro atoms. The summed E-state index contributed by atoms with van der Waals surface area (Å²) in [5, 5.41) is 2.47. The van der Waals surface area contributed by atoms with E-state index in [1.165, 1.54) is 16.3 Å². The molecule has 2 rings (SSSR count). The molecule has 0 unspecified atom stereocenters. The Morgan fingerprint density at radius 2 is 2.07 bits per heavy atom. The van der Waals surface area contributed by atoms with Crippen molar-refractivity contribution < 1.29 is 4.74 Å². The minimum Gasteiger partial charge on any atom is -0.497 e. The van der Waals surface area contributed by atoms with Crippen LogP contribution in [-0.4, -0.2) is 12.1 Å². The third-order valence-corrected chi connectivity index (χ3v) is 2.71. The zero-order valence-electron chi connectivity index (χ0n) is 9.37. The number of aryl methyl sites for hydroxylation is 2. The van der Waals surface area contributed by atoms with E-state index in [-0.39, 0.29) is 0 Å². The summed E-state index contributed by atoms with van der Waals surface area (Å²) in [6, 6.07) is 6.15. The lowest BCUT2D eigenvalue weighted by molar-refractivity contribution is 0.415. The maximum atomic E-state index is 5.23. The Kier molecular flexibility index (Phi) is 2.58. The van der Waals surface area contributed by atoms with Gasteiger partial charge in [-0.1, -0.05) is 6.92 Å². The fourth-order valence-corrected chi connectivity index (χ4v) is 1.82. The summed E-state index contributed by atoms with van der Waals surface area (Å²) in [6.07, 6.45) is 2.89. The van der Waals surface area contributed by atoms with Gasteiger partial charge >= 0.3 is 0 Å². The molecule has 0 atom stereocenters. The highest BCUT2D eigenvalue weighted by atomic mass is 16.5. The Bertz CT molecular complexity index is 491. The van der Waals surface area contributed by atoms with Crippen LogP contribution in [0.25, 0.3) is 10.8 Å². The van der Waals surface area contributed by atoms with Crippen LogP contribution < -0.4 is 4.74 Å². The maximum Gasteiger partial charge on any atom is 0.119 e. The van der Waals surface area contributed by atoms with Crippen molar-refractivity contribution in [1.29, 1.82) is 0 Å². The van der Waals surface area contributed by atoms with Crippen molar-refractivity contribution >= 4 is 10.8 Å². The molecule has 0 aliphatic carbocycles. The lowest BCUT2D eigenvalue weighted by Crippen LogP contribution is -1.92. The molecule has 0 amide bonds. The average Bonchev–Trinajstić information content (AvgIpc) is 2.29. The molecule has 78 valence electrons. The van der Waals surface area contributed by atoms with E-state index in [2.05, 4.69) is 31.0 Å². The van der Waals surface area contributed by atoms with Crippen LogP contribution in [0.3, 0.4) is 0 Å². The largest absolute Gasteiger partial charge is 0.497 e. The summed E-state index contributed by atoms with van der Waals surface area (Å²) in [6.45, 7) is 4.20. The monoisotopic (exact) mass is 201 g/mol. The van der Waals surface area contributed by atoms with Crippen LogP contribution in [0.2, 0.25) is 0 Å². The molecule has 0 N–H and O–H groups in total. The summed E-state index contributed by atoms with van der Waals surface area (Å²) >= 11 is 0. The third-order valence-electron chi connectivity index (χ3n) is 2.71. The second-order valence-corrected chi connectivity index (χ2v) is 3.65. The van der Waals surface area contributed by atoms with Gasteiger partial charge in [0.2, 0.25) is 0 Å². The predicted octanol–water partition coefficient (Wildman–Crippen LogP) is 3.11. The number of hydrogen-bond acceptors (Lipinski definition) is 2. The van der Waals surface area contributed by atoms with E-state index in [4.69, 9.17) is 4.74 Å². The topological polar surface area (TPSA) is 22.1 Å². The van der Waals surface area contributed by atoms with Crippen molar-refractivity contribution in [2.75, 3.05) is 7.11 Å². The van der Waals surface area contributed by atoms with Crippen molar-refractivity contribution in [3.8, 4) is 5.75 Å². The standard InChI is InChI=1S/C13H15NO/c1-4-13-11-6-5-10(15-3)7-12(11)9(2)8-14-13/h5-8H,4H2,1-3H3. The number of hydrogen-bond donors (Lipinski definition) is 0. The molecule has 0 aliphatic rings. The second-order valence-electron chi connectivity index (χ2n) is 3.65. The molecule has 0 aliphatic heterocycles. The number of benzene rings is 1. The molecule has 1 aromatic heterocycles. The van der Waals surface area contributed by atoms with E-state index < -0.39 is 0 Å². The first-order chi connectivity index (χ1) is 7.26. The van der Waals surface area contributed by atoms with Crippen molar-refractivity contribution in [3.63, 3.8) is 0 Å². The minimum atomic E-state index is 0.902. The Labute approximate surface area is 89.9 Å². The fraction of sp³-hybridized carbons (Fsp3) is 0.308. The first-order valence-electron chi connectivity index (χ1n) is 5.18. The highest BCUT2D eigenvalue weighted by Crippen LogP contribution is 2.25. The van der Waals surface area contributed by atoms with E-state index in [1.807, 2.05) is 12.3 Å². The Balaban J connectivity index is 2.75. The van der Waals surface area contributed by atoms with Crippen LogP contribution in [0.4, 0.5) is 0 Å². The SMILES string of the molecule is CCc1ncc(C)c2cc(OC)ccc12. The molecule has 0 bridgehead atoms. The van der Waals surface area contributed by atoms with E-state index in [1.54, 1.807) is 7.11 Å². The third kappa shape index (κ3) is 1.67. The molecular weight excluding hydrogens is 186 g/mol. The van der Waals surface area contributed by atoms with Gasteiger partial charge in [0, 0.05) is 17.3 Å². The quantitative estimate of drug-likeness (QED) is 0.744. The van der Waals surface area contributed by atoms with Gasteiger partial charge in [0.05, 0.1) is 7.11 Å². The van der Waals surface area contributed by atoms with Crippen LogP contribution in [0.15, 0.2) is 24.4 Å². The van der Waals surface area contributed by atoms with E-state index in [9.17, 15) is 0 Å². The van der Waals surface area contributed by atoms with E-state index in [0.29, 0.717) is 0 Å². The number of aromatic nitrogens is 1. The van der Waals surface area contributed by atoms with Crippen LogP contribution in [0.1, 0.15) is 18.2 Å². The van der Waals surface area contributed by atoms with Gasteiger partial charge in [0.1, 0.15) is 5.75 Å². The Morgan fingerprint density at radius 1 is 1.27 bits per heavy atom. The first-order valence-corrected chi connectivity index (χ1v) is 5.18. The molecule has 2 heteroatoms. The highest BCUT2D eigenvalue weighted by molar-refractivity contribution is 5.88. The molecule has 15 heavy (non-hydrogen) atoms. The van der Waals surface area contributed by atoms with Crippen LogP contribution in [-0.2, 0) is 6.42 Å². The number of rotatable bonds is 2. The van der Waals surface area contributed by atoms with Gasteiger partial charge in [0.15, 0.2) is 0 Å². The van der Waals surface area contributed by atoms with Crippen molar-refractivity contribution in [3.05, 3.63) is 35.7 Å². The van der Waals surface area contributed by atoms with Gasteiger partial charge in [-0.05, 0) is 42.5 Å². The smallest absolute Gasteiger partial charge is 0.119 e. The van der Waals surface area contributed by atoms with Gasteiger partial charge in [0.25, 0.3) is 0 Å². The predicted molar refractivity (Wildman–Crippen MR) is 62.4 cm³/mol. The van der Waals surface area contributed by atoms with Gasteiger partial charge in [-0.15, -0.1) is 0 Å². The molecule has 0 fully saturated rings. The summed E-state index contributed by atoms with van der Waals surface area (Å²) in [5.74, 6) is 0.902. The highest BCUT2D eigenvalue weighted by Gasteiger charge is 2.04. The summed E-state index contributed by atoms with van der Waals surface area (Å²) in [7, 11) is 1.69. The molecule has 0 radical (unpaired) electrons. The van der Waals surface area contributed by atoms with Crippen molar-refractivity contribution in [1.82, 2.24) is 4.98 Å². The van der Waals surface area contributed by atoms with Gasteiger partial charge in [-0.25, -0.2) is 0 Å². The summed E-state index contributed by atoms with van der Waals surface area (Å²) in [5.41, 5.74) is 2.35. The summed E-state index contributed by atoms with van der Waals surface area (Å²) < 4.78 is 5.23. The number of fused-ring (bicyclic) bond motifs is 1. The number of methoxy groups -OCH3 is 1. The van der Waals surface area contributed by atoms with Crippen molar-refractivity contribution in [2.45, 2.75) is 20.3 Å². The van der Waals surface area contributed by atoms with Gasteiger partial charge in [-0.3, -0.25) is 4.98 Å². The molecule has 2 nitrogen and oxygen atoms in total. The van der Waals surface area contributed by atoms with Gasteiger partial charge in [-0.2, -0.15) is 0 Å². The molecule has 2 aromatic rings. The van der Waals surface area contributed by atoms with Crippen LogP contribution >= 0.6 is 0 Å². The van der Waals surface area contributed by atoms with Gasteiger partial charge < -0.3 is 4.74 Å². The number of ether oxygens (including phenoxy) is 1. The molecule has 0 saturated carbocycles. The normalized spacial score (nSPS) is 10.6. The maximum absolute atomic E-state index is 5.23. The number of nitrogens with zero attached hydrogens (tertiary/aromatic N) is 1. The molecule has 0 saturated heterocycles. The zero-order chi connectivity index (χ0) is 10.8. The fourth-order valence-electron chi connectivity index (χ4n) is 1.82. The van der Waals surface area contributed by atoms with Crippen LogP contribution in [0.5, 0.6) is 5.75 Å². The van der Waals surface area contributed by atoms with E-state index in [0.717, 1.165) is 17.9 Å². The van der Waals surface area contributed by atoms with Crippen molar-refractivity contribution in [2.24, 2.45) is 0 Å². The summed E-state index contributed by atoms with van der Waals surface area (Å²) in [4.78, 5) is 4.44. The zero-order valence-corrected chi connectivity index (χ0v) is 9.37. The molecule has 1 heterocycles. The minimum absolute atomic E-state index is 0.902. The Hall–Kier alpha value is -1.57. The second kappa shape index (κ2) is 3.89. The lowest BCUT2D eigenvalue weighted by atomic mass is 10.0. The molecular formula is C13H15NO.